The van der Waals surface area contributed by atoms with Crippen LogP contribution in [-0.2, 0) is 10.3 Å². The molecular weight excluding hydrogens is 393 g/mol. The van der Waals surface area contributed by atoms with Crippen LogP contribution in [0.4, 0.5) is 4.39 Å². The zero-order valence-electron chi connectivity index (χ0n) is 16.0. The molecular formula is C22H21ClFN3O2. The monoisotopic (exact) mass is 413 g/mol. The second-order valence-corrected chi connectivity index (χ2v) is 8.63. The number of carbonyl (C=O) groups excluding carboxylic acids is 1. The van der Waals surface area contributed by atoms with Gasteiger partial charge in [0, 0.05) is 29.6 Å². The normalized spacial score (nSPS) is 24.7. The van der Waals surface area contributed by atoms with Gasteiger partial charge in [0.15, 0.2) is 11.5 Å². The van der Waals surface area contributed by atoms with Gasteiger partial charge in [0.05, 0.1) is 0 Å². The van der Waals surface area contributed by atoms with Crippen LogP contribution < -0.4 is 10.5 Å². The van der Waals surface area contributed by atoms with E-state index in [0.717, 1.165) is 25.7 Å². The van der Waals surface area contributed by atoms with E-state index in [0.29, 0.717) is 33.9 Å². The van der Waals surface area contributed by atoms with Crippen molar-refractivity contribution in [3.63, 3.8) is 0 Å². The number of amides is 1. The van der Waals surface area contributed by atoms with E-state index in [-0.39, 0.29) is 17.7 Å². The number of ether oxygens (including phenoxy) is 1. The molecule has 2 aliphatic heterocycles. The third-order valence-corrected chi connectivity index (χ3v) is 6.63. The van der Waals surface area contributed by atoms with Crippen molar-refractivity contribution in [2.75, 3.05) is 7.05 Å². The minimum Gasteiger partial charge on any atom is -0.487 e. The van der Waals surface area contributed by atoms with Gasteiger partial charge in [-0.1, -0.05) is 17.7 Å². The number of benzene rings is 2. The highest BCUT2D eigenvalue weighted by atomic mass is 35.5. The molecule has 2 aromatic rings. The highest BCUT2D eigenvalue weighted by Crippen LogP contribution is 2.54. The molecule has 1 saturated carbocycles. The fourth-order valence-corrected chi connectivity index (χ4v) is 5.12. The van der Waals surface area contributed by atoms with Crippen LogP contribution in [0.1, 0.15) is 37.7 Å². The van der Waals surface area contributed by atoms with Crippen LogP contribution in [0.5, 0.6) is 5.75 Å². The van der Waals surface area contributed by atoms with Crippen LogP contribution in [0.25, 0.3) is 11.1 Å². The lowest BCUT2D eigenvalue weighted by Crippen LogP contribution is -2.50. The molecule has 0 radical (unpaired) electrons. The molecule has 1 amide bonds. The molecule has 7 heteroatoms. The number of halogens is 2. The molecule has 0 saturated heterocycles. The van der Waals surface area contributed by atoms with Crippen LogP contribution in [0.15, 0.2) is 41.4 Å². The highest BCUT2D eigenvalue weighted by Gasteiger charge is 2.58. The van der Waals surface area contributed by atoms with Crippen LogP contribution >= 0.6 is 11.6 Å². The number of guanidine groups is 1. The van der Waals surface area contributed by atoms with Crippen LogP contribution in [0.2, 0.25) is 5.02 Å². The second-order valence-electron chi connectivity index (χ2n) is 8.20. The number of fused-ring (bicyclic) bond motifs is 2. The van der Waals surface area contributed by atoms with E-state index in [9.17, 15) is 9.18 Å². The average Bonchev–Trinajstić information content (AvgIpc) is 3.23. The van der Waals surface area contributed by atoms with E-state index in [4.69, 9.17) is 22.1 Å². The van der Waals surface area contributed by atoms with E-state index in [1.807, 2.05) is 6.07 Å². The maximum atomic E-state index is 14.5. The van der Waals surface area contributed by atoms with Crippen LogP contribution in [-0.4, -0.2) is 29.4 Å². The van der Waals surface area contributed by atoms with Crippen molar-refractivity contribution in [1.82, 2.24) is 4.90 Å². The predicted octanol–water partition coefficient (Wildman–Crippen LogP) is 4.22. The van der Waals surface area contributed by atoms with Gasteiger partial charge in [-0.2, -0.15) is 0 Å². The number of nitrogens with zero attached hydrogens (tertiary/aromatic N) is 2. The third kappa shape index (κ3) is 2.65. The SMILES string of the molecule is CN1C(=O)C2(CC3(CCCC3)Oc3ccc(-c4cc(Cl)ccc4F)cc32)N=C1N. The summed E-state index contributed by atoms with van der Waals surface area (Å²) in [7, 11) is 1.63. The van der Waals surface area contributed by atoms with Crippen molar-refractivity contribution in [2.45, 2.75) is 43.2 Å². The largest absolute Gasteiger partial charge is 0.487 e. The Morgan fingerprint density at radius 1 is 1.21 bits per heavy atom. The number of likely N-dealkylation sites (N-methyl/N-ethyl adjacent to an activating group) is 1. The van der Waals surface area contributed by atoms with Gasteiger partial charge in [-0.15, -0.1) is 0 Å². The molecule has 2 heterocycles. The van der Waals surface area contributed by atoms with Gasteiger partial charge in [-0.3, -0.25) is 9.69 Å². The van der Waals surface area contributed by atoms with Gasteiger partial charge >= 0.3 is 0 Å². The first-order valence-electron chi connectivity index (χ1n) is 9.76. The Morgan fingerprint density at radius 2 is 1.97 bits per heavy atom. The maximum Gasteiger partial charge on any atom is 0.261 e. The topological polar surface area (TPSA) is 67.9 Å². The van der Waals surface area contributed by atoms with Crippen molar-refractivity contribution in [3.8, 4) is 16.9 Å². The summed E-state index contributed by atoms with van der Waals surface area (Å²) in [5.74, 6) is 0.250. The Kier molecular flexibility index (Phi) is 3.94. The molecule has 2 spiro atoms. The fourth-order valence-electron chi connectivity index (χ4n) is 4.95. The Labute approximate surface area is 173 Å². The van der Waals surface area contributed by atoms with E-state index in [1.165, 1.54) is 17.0 Å². The molecule has 2 N–H and O–H groups in total. The summed E-state index contributed by atoms with van der Waals surface area (Å²) in [4.78, 5) is 19.4. The highest BCUT2D eigenvalue weighted by molar-refractivity contribution is 6.30. The first-order valence-corrected chi connectivity index (χ1v) is 10.1. The zero-order valence-corrected chi connectivity index (χ0v) is 16.8. The molecule has 5 rings (SSSR count). The van der Waals surface area contributed by atoms with Gasteiger partial charge in [0.25, 0.3) is 5.91 Å². The third-order valence-electron chi connectivity index (χ3n) is 6.39. The second kappa shape index (κ2) is 6.20. The summed E-state index contributed by atoms with van der Waals surface area (Å²) >= 11 is 6.08. The van der Waals surface area contributed by atoms with Gasteiger partial charge < -0.3 is 10.5 Å². The smallest absolute Gasteiger partial charge is 0.261 e. The summed E-state index contributed by atoms with van der Waals surface area (Å²) in [5.41, 5.74) is 6.11. The summed E-state index contributed by atoms with van der Waals surface area (Å²) in [6.07, 6.45) is 4.32. The minimum atomic E-state index is -1.14. The lowest BCUT2D eigenvalue weighted by atomic mass is 9.75. The number of rotatable bonds is 1. The molecule has 1 fully saturated rings. The van der Waals surface area contributed by atoms with Gasteiger partial charge in [-0.25, -0.2) is 9.38 Å². The predicted molar refractivity (Wildman–Crippen MR) is 109 cm³/mol. The summed E-state index contributed by atoms with van der Waals surface area (Å²) in [6.45, 7) is 0. The molecule has 1 aliphatic carbocycles. The average molecular weight is 414 g/mol. The standard InChI is InChI=1S/C22H21ClFN3O2/c1-27-19(28)22(26-20(27)25)12-21(8-2-3-9-21)29-18-7-4-13(10-16(18)22)15-11-14(23)5-6-17(15)24/h4-7,10-11H,2-3,8-9,12H2,1H3,(H2,25,26). The molecule has 2 aromatic carbocycles. The Balaban J connectivity index is 1.72. The van der Waals surface area contributed by atoms with Crippen molar-refractivity contribution in [2.24, 2.45) is 10.7 Å². The summed E-state index contributed by atoms with van der Waals surface area (Å²) < 4.78 is 20.9. The summed E-state index contributed by atoms with van der Waals surface area (Å²) in [6, 6.07) is 9.82. The van der Waals surface area contributed by atoms with Gasteiger partial charge in [-0.05, 0) is 61.6 Å². The van der Waals surface area contributed by atoms with Crippen molar-refractivity contribution in [3.05, 3.63) is 52.8 Å². The zero-order chi connectivity index (χ0) is 20.4. The van der Waals surface area contributed by atoms with Gasteiger partial charge in [0.2, 0.25) is 0 Å². The van der Waals surface area contributed by atoms with E-state index in [1.54, 1.807) is 25.2 Å². The molecule has 1 atom stereocenters. The Morgan fingerprint density at radius 3 is 2.66 bits per heavy atom. The molecule has 150 valence electrons. The summed E-state index contributed by atoms with van der Waals surface area (Å²) in [5, 5.41) is 0.439. The number of aliphatic imine (C=N–C) groups is 1. The number of hydrogen-bond donors (Lipinski definition) is 1. The number of carbonyl (C=O) groups is 1. The quantitative estimate of drug-likeness (QED) is 0.760. The Bertz CT molecular complexity index is 1060. The molecule has 5 nitrogen and oxygen atoms in total. The molecule has 29 heavy (non-hydrogen) atoms. The first-order chi connectivity index (χ1) is 13.8. The molecule has 3 aliphatic rings. The Hall–Kier alpha value is -2.60. The number of nitrogens with two attached hydrogens (primary N) is 1. The van der Waals surface area contributed by atoms with Crippen molar-refractivity contribution >= 4 is 23.5 Å². The van der Waals surface area contributed by atoms with Crippen LogP contribution in [0.3, 0.4) is 0 Å². The van der Waals surface area contributed by atoms with E-state index < -0.39 is 11.1 Å². The van der Waals surface area contributed by atoms with Crippen molar-refractivity contribution < 1.29 is 13.9 Å². The number of hydrogen-bond acceptors (Lipinski definition) is 4. The fraction of sp³-hybridized carbons (Fsp3) is 0.364. The molecule has 0 bridgehead atoms. The maximum absolute atomic E-state index is 14.5. The lowest BCUT2D eigenvalue weighted by Gasteiger charge is -2.43. The first kappa shape index (κ1) is 18.4. The molecule has 0 aromatic heterocycles. The minimum absolute atomic E-state index is 0.172. The lowest BCUT2D eigenvalue weighted by molar-refractivity contribution is -0.134. The van der Waals surface area contributed by atoms with Crippen molar-refractivity contribution in [1.29, 1.82) is 0 Å². The van der Waals surface area contributed by atoms with E-state index in [2.05, 4.69) is 4.99 Å². The van der Waals surface area contributed by atoms with Gasteiger partial charge in [0.1, 0.15) is 17.2 Å². The van der Waals surface area contributed by atoms with Crippen LogP contribution in [0, 0.1) is 5.82 Å². The molecule has 1 unspecified atom stereocenters. The van der Waals surface area contributed by atoms with E-state index >= 15 is 0 Å².